The van der Waals surface area contributed by atoms with Crippen molar-refractivity contribution in [2.45, 2.75) is 51.0 Å². The van der Waals surface area contributed by atoms with Crippen LogP contribution in [-0.2, 0) is 5.41 Å². The van der Waals surface area contributed by atoms with Crippen LogP contribution in [0.25, 0.3) is 0 Å². The van der Waals surface area contributed by atoms with Crippen LogP contribution in [-0.4, -0.2) is 21.3 Å². The Morgan fingerprint density at radius 2 is 2.13 bits per heavy atom. The quantitative estimate of drug-likeness (QED) is 0.821. The van der Waals surface area contributed by atoms with E-state index in [1.165, 1.54) is 12.8 Å². The van der Waals surface area contributed by atoms with Gasteiger partial charge in [-0.15, -0.1) is 10.2 Å². The predicted octanol–water partition coefficient (Wildman–Crippen LogP) is 1.63. The van der Waals surface area contributed by atoms with Crippen molar-refractivity contribution in [3.05, 3.63) is 12.2 Å². The first kappa shape index (κ1) is 10.6. The summed E-state index contributed by atoms with van der Waals surface area (Å²) >= 11 is 0. The van der Waals surface area contributed by atoms with Crippen LogP contribution in [0.1, 0.15) is 51.4 Å². The molecule has 0 unspecified atom stereocenters. The molecule has 15 heavy (non-hydrogen) atoms. The second kappa shape index (κ2) is 3.93. The van der Waals surface area contributed by atoms with Crippen LogP contribution in [0.2, 0.25) is 0 Å². The third-order valence-electron chi connectivity index (χ3n) is 3.56. The Balaban J connectivity index is 2.38. The molecule has 1 saturated carbocycles. The highest BCUT2D eigenvalue weighted by Gasteiger charge is 2.38. The summed E-state index contributed by atoms with van der Waals surface area (Å²) in [6.07, 6.45) is 6.68. The van der Waals surface area contributed by atoms with E-state index in [4.69, 9.17) is 5.73 Å². The highest BCUT2D eigenvalue weighted by molar-refractivity contribution is 5.12. The molecule has 0 bridgehead atoms. The molecule has 1 aliphatic carbocycles. The van der Waals surface area contributed by atoms with Crippen LogP contribution in [0.5, 0.6) is 0 Å². The largest absolute Gasteiger partial charge is 0.329 e. The average molecular weight is 208 g/mol. The third kappa shape index (κ3) is 1.67. The number of aromatic nitrogens is 3. The molecule has 1 fully saturated rings. The lowest BCUT2D eigenvalue weighted by molar-refractivity contribution is 0.389. The van der Waals surface area contributed by atoms with E-state index in [9.17, 15) is 0 Å². The molecule has 1 aliphatic rings. The summed E-state index contributed by atoms with van der Waals surface area (Å²) in [5, 5.41) is 8.33. The molecule has 2 N–H and O–H groups in total. The molecule has 1 heterocycles. The van der Waals surface area contributed by atoms with Crippen LogP contribution in [0.3, 0.4) is 0 Å². The van der Waals surface area contributed by atoms with Gasteiger partial charge in [0.1, 0.15) is 12.2 Å². The van der Waals surface area contributed by atoms with Crippen molar-refractivity contribution in [3.63, 3.8) is 0 Å². The molecule has 84 valence electrons. The lowest BCUT2D eigenvalue weighted by atomic mass is 9.85. The fourth-order valence-corrected chi connectivity index (χ4v) is 2.57. The predicted molar refractivity (Wildman–Crippen MR) is 59.6 cm³/mol. The van der Waals surface area contributed by atoms with E-state index in [-0.39, 0.29) is 5.41 Å². The van der Waals surface area contributed by atoms with E-state index in [2.05, 4.69) is 28.6 Å². The van der Waals surface area contributed by atoms with Gasteiger partial charge in [0.15, 0.2) is 0 Å². The minimum atomic E-state index is 0.0980. The SMILES string of the molecule is CC(C)n1cnnc1C1(CN)CCCC1. The highest BCUT2D eigenvalue weighted by Crippen LogP contribution is 2.39. The standard InChI is InChI=1S/C11H20N4/c1-9(2)15-8-13-14-10(15)11(7-12)5-3-4-6-11/h8-9H,3-7,12H2,1-2H3. The van der Waals surface area contributed by atoms with Crippen molar-refractivity contribution in [2.24, 2.45) is 5.73 Å². The second-order valence-electron chi connectivity index (χ2n) is 4.85. The summed E-state index contributed by atoms with van der Waals surface area (Å²) < 4.78 is 2.16. The van der Waals surface area contributed by atoms with Gasteiger partial charge in [0.05, 0.1) is 0 Å². The first-order chi connectivity index (χ1) is 7.19. The molecule has 0 saturated heterocycles. The molecular formula is C11H20N4. The zero-order chi connectivity index (χ0) is 10.9. The molecule has 0 amide bonds. The average Bonchev–Trinajstić information content (AvgIpc) is 2.87. The topological polar surface area (TPSA) is 56.7 Å². The van der Waals surface area contributed by atoms with E-state index in [0.717, 1.165) is 18.7 Å². The second-order valence-corrected chi connectivity index (χ2v) is 4.85. The summed E-state index contributed by atoms with van der Waals surface area (Å²) in [4.78, 5) is 0. The molecule has 0 spiro atoms. The van der Waals surface area contributed by atoms with E-state index in [0.29, 0.717) is 12.6 Å². The Hall–Kier alpha value is -0.900. The summed E-state index contributed by atoms with van der Waals surface area (Å²) in [6.45, 7) is 5.01. The molecular weight excluding hydrogens is 188 g/mol. The maximum atomic E-state index is 5.95. The van der Waals surface area contributed by atoms with Gasteiger partial charge in [-0.2, -0.15) is 0 Å². The molecule has 2 rings (SSSR count). The zero-order valence-electron chi connectivity index (χ0n) is 9.61. The van der Waals surface area contributed by atoms with Crippen LogP contribution in [0.4, 0.5) is 0 Å². The maximum Gasteiger partial charge on any atom is 0.140 e. The van der Waals surface area contributed by atoms with Crippen LogP contribution in [0, 0.1) is 0 Å². The number of hydrogen-bond donors (Lipinski definition) is 1. The molecule has 0 atom stereocenters. The number of nitrogens with zero attached hydrogens (tertiary/aromatic N) is 3. The van der Waals surface area contributed by atoms with Crippen molar-refractivity contribution in [3.8, 4) is 0 Å². The van der Waals surface area contributed by atoms with Gasteiger partial charge in [-0.05, 0) is 26.7 Å². The van der Waals surface area contributed by atoms with Gasteiger partial charge < -0.3 is 10.3 Å². The summed E-state index contributed by atoms with van der Waals surface area (Å²) in [5.41, 5.74) is 6.05. The van der Waals surface area contributed by atoms with Crippen molar-refractivity contribution in [1.82, 2.24) is 14.8 Å². The molecule has 1 aromatic heterocycles. The Morgan fingerprint density at radius 3 is 2.67 bits per heavy atom. The number of rotatable bonds is 3. The van der Waals surface area contributed by atoms with E-state index in [1.54, 1.807) is 0 Å². The molecule has 4 nitrogen and oxygen atoms in total. The van der Waals surface area contributed by atoms with Gasteiger partial charge >= 0.3 is 0 Å². The first-order valence-electron chi connectivity index (χ1n) is 5.80. The lowest BCUT2D eigenvalue weighted by Gasteiger charge is -2.27. The Bertz CT molecular complexity index is 323. The smallest absolute Gasteiger partial charge is 0.140 e. The molecule has 0 radical (unpaired) electrons. The third-order valence-corrected chi connectivity index (χ3v) is 3.56. The van der Waals surface area contributed by atoms with E-state index in [1.807, 2.05) is 6.33 Å². The zero-order valence-corrected chi connectivity index (χ0v) is 9.61. The van der Waals surface area contributed by atoms with Crippen LogP contribution >= 0.6 is 0 Å². The van der Waals surface area contributed by atoms with Gasteiger partial charge in [-0.1, -0.05) is 12.8 Å². The minimum absolute atomic E-state index is 0.0980. The Labute approximate surface area is 90.9 Å². The van der Waals surface area contributed by atoms with Crippen molar-refractivity contribution in [1.29, 1.82) is 0 Å². The first-order valence-corrected chi connectivity index (χ1v) is 5.80. The Kier molecular flexibility index (Phi) is 2.78. The lowest BCUT2D eigenvalue weighted by Crippen LogP contribution is -2.35. The van der Waals surface area contributed by atoms with Crippen molar-refractivity contribution >= 4 is 0 Å². The van der Waals surface area contributed by atoms with Crippen molar-refractivity contribution < 1.29 is 0 Å². The molecule has 4 heteroatoms. The van der Waals surface area contributed by atoms with E-state index >= 15 is 0 Å². The number of nitrogens with two attached hydrogens (primary N) is 1. The van der Waals surface area contributed by atoms with E-state index < -0.39 is 0 Å². The fourth-order valence-electron chi connectivity index (χ4n) is 2.57. The molecule has 1 aromatic rings. The van der Waals surface area contributed by atoms with Gasteiger partial charge in [0, 0.05) is 18.0 Å². The maximum absolute atomic E-state index is 5.95. The summed E-state index contributed by atoms with van der Waals surface area (Å²) in [7, 11) is 0. The Morgan fingerprint density at radius 1 is 1.47 bits per heavy atom. The van der Waals surface area contributed by atoms with Gasteiger partial charge in [-0.3, -0.25) is 0 Å². The molecule has 0 aromatic carbocycles. The van der Waals surface area contributed by atoms with Gasteiger partial charge in [0.25, 0.3) is 0 Å². The normalized spacial score (nSPS) is 20.0. The molecule has 0 aliphatic heterocycles. The monoisotopic (exact) mass is 208 g/mol. The van der Waals surface area contributed by atoms with Gasteiger partial charge in [-0.25, -0.2) is 0 Å². The summed E-state index contributed by atoms with van der Waals surface area (Å²) in [6, 6.07) is 0.416. The highest BCUT2D eigenvalue weighted by atomic mass is 15.3. The van der Waals surface area contributed by atoms with Crippen LogP contribution < -0.4 is 5.73 Å². The number of hydrogen-bond acceptors (Lipinski definition) is 3. The fraction of sp³-hybridized carbons (Fsp3) is 0.818. The van der Waals surface area contributed by atoms with Gasteiger partial charge in [0.2, 0.25) is 0 Å². The van der Waals surface area contributed by atoms with Crippen LogP contribution in [0.15, 0.2) is 6.33 Å². The van der Waals surface area contributed by atoms with Crippen molar-refractivity contribution in [2.75, 3.05) is 6.54 Å². The summed E-state index contributed by atoms with van der Waals surface area (Å²) in [5.74, 6) is 1.09. The minimum Gasteiger partial charge on any atom is -0.329 e.